The zero-order chi connectivity index (χ0) is 47.3. The van der Waals surface area contributed by atoms with Crippen molar-refractivity contribution in [3.63, 3.8) is 0 Å². The first-order valence-corrected chi connectivity index (χ1v) is 22.4. The van der Waals surface area contributed by atoms with Crippen molar-refractivity contribution in [2.24, 2.45) is 0 Å². The minimum Gasteiger partial charge on any atom is -0.444 e. The minimum absolute atomic E-state index is 0.0475. The highest BCUT2D eigenvalue weighted by molar-refractivity contribution is 5.88. The number of H-pyrrole nitrogens is 2. The van der Waals surface area contributed by atoms with Gasteiger partial charge in [0.05, 0.1) is 24.0 Å². The monoisotopic (exact) mass is 907 g/mol. The highest BCUT2D eigenvalue weighted by Crippen LogP contribution is 2.37. The number of rotatable bonds is 12. The van der Waals surface area contributed by atoms with Crippen molar-refractivity contribution in [3.8, 4) is 11.3 Å². The van der Waals surface area contributed by atoms with E-state index in [1.165, 1.54) is 18.3 Å². The first-order valence-electron chi connectivity index (χ1n) is 22.4. The third kappa shape index (κ3) is 11.5. The maximum absolute atomic E-state index is 15.9. The number of aromatic nitrogens is 4. The summed E-state index contributed by atoms with van der Waals surface area (Å²) >= 11 is 0. The van der Waals surface area contributed by atoms with Crippen LogP contribution in [0.25, 0.3) is 11.3 Å². The molecular weight excluding hydrogens is 849 g/mol. The zero-order valence-electron chi connectivity index (χ0n) is 38.4. The molecule has 4 heterocycles. The van der Waals surface area contributed by atoms with E-state index in [0.717, 1.165) is 12.1 Å². The molecule has 2 aliphatic rings. The molecule has 0 unspecified atom stereocenters. The molecule has 2 aromatic heterocycles. The number of aromatic amines is 2. The lowest BCUT2D eigenvalue weighted by atomic mass is 9.93. The fourth-order valence-electron chi connectivity index (χ4n) is 8.44. The number of imidazole rings is 2. The van der Waals surface area contributed by atoms with Crippen LogP contribution in [0, 0.1) is 11.6 Å². The van der Waals surface area contributed by atoms with Crippen LogP contribution in [0.4, 0.5) is 24.1 Å². The molecular formula is C49H59F2N9O6. The molecule has 5 N–H and O–H groups in total. The van der Waals surface area contributed by atoms with Crippen molar-refractivity contribution in [1.29, 1.82) is 0 Å². The molecule has 0 aliphatic carbocycles. The first kappa shape index (κ1) is 47.2. The van der Waals surface area contributed by atoms with E-state index < -0.39 is 59.1 Å². The van der Waals surface area contributed by atoms with Gasteiger partial charge < -0.3 is 45.2 Å². The first-order chi connectivity index (χ1) is 31.3. The van der Waals surface area contributed by atoms with E-state index in [0.29, 0.717) is 67.4 Å². The van der Waals surface area contributed by atoms with E-state index in [9.17, 15) is 19.2 Å². The van der Waals surface area contributed by atoms with E-state index in [1.807, 2.05) is 18.2 Å². The Hall–Kier alpha value is -6.78. The number of nitrogens with zero attached hydrogens (tertiary/aromatic N) is 4. The second-order valence-corrected chi connectivity index (χ2v) is 18.9. The molecule has 2 fully saturated rings. The third-order valence-electron chi connectivity index (χ3n) is 11.5. The smallest absolute Gasteiger partial charge is 0.408 e. The largest absolute Gasteiger partial charge is 0.444 e. The lowest BCUT2D eigenvalue weighted by Crippen LogP contribution is -2.44. The van der Waals surface area contributed by atoms with E-state index >= 15 is 8.78 Å². The summed E-state index contributed by atoms with van der Waals surface area (Å²) < 4.78 is 42.7. The molecule has 0 spiro atoms. The van der Waals surface area contributed by atoms with Gasteiger partial charge in [0.2, 0.25) is 5.91 Å². The molecule has 66 heavy (non-hydrogen) atoms. The Bertz CT molecular complexity index is 2470. The highest BCUT2D eigenvalue weighted by Gasteiger charge is 2.38. The number of hydrogen-bond acceptors (Lipinski definition) is 9. The average Bonchev–Trinajstić information content (AvgIpc) is 4.06. The summed E-state index contributed by atoms with van der Waals surface area (Å²) in [7, 11) is 0. The standard InChI is InChI=1S/C49H59F2N9O6/c1-29(54-44(61)39(31-15-10-8-11-16-31)57-46(63)65-48(2,3)4)42-52-28-37(55-42)33-25-34(50)41(35(51)26-33)59-23-20-30(21-24-59)36-27-53-43(56-36)38-19-14-22-60(38)45(62)40(32-17-12-9-13-18-32)58-47(64)66-49(5,6)7/h8-13,15-18,25-30,38-40H,14,19-24H2,1-7H3,(H,52,55)(H,53,56)(H,54,61)(H,57,63)(H,58,64)/t29-,38-,39+,40+/m0/s1. The Kier molecular flexibility index (Phi) is 14.1. The number of hydrogen-bond donors (Lipinski definition) is 5. The number of anilines is 1. The Morgan fingerprint density at radius 2 is 1.29 bits per heavy atom. The van der Waals surface area contributed by atoms with Gasteiger partial charge in [0, 0.05) is 43.0 Å². The van der Waals surface area contributed by atoms with E-state index in [1.54, 1.807) is 107 Å². The molecule has 0 bridgehead atoms. The van der Waals surface area contributed by atoms with Crippen LogP contribution >= 0.6 is 0 Å². The summed E-state index contributed by atoms with van der Waals surface area (Å²) in [6, 6.07) is 17.4. The van der Waals surface area contributed by atoms with Crippen LogP contribution in [0.15, 0.2) is 85.2 Å². The Morgan fingerprint density at radius 3 is 1.86 bits per heavy atom. The molecule has 7 rings (SSSR count). The van der Waals surface area contributed by atoms with E-state index in [2.05, 4.69) is 30.9 Å². The predicted octanol–water partition coefficient (Wildman–Crippen LogP) is 8.83. The molecule has 0 saturated carbocycles. The summed E-state index contributed by atoms with van der Waals surface area (Å²) in [6.45, 7) is 13.5. The van der Waals surface area contributed by atoms with Crippen LogP contribution in [-0.2, 0) is 19.1 Å². The summed E-state index contributed by atoms with van der Waals surface area (Å²) in [5.74, 6) is -1.16. The highest BCUT2D eigenvalue weighted by atomic mass is 19.1. The number of likely N-dealkylation sites (tertiary alicyclic amines) is 1. The number of piperidine rings is 1. The molecule has 4 amide bonds. The van der Waals surface area contributed by atoms with Crippen LogP contribution in [0.1, 0.15) is 133 Å². The van der Waals surface area contributed by atoms with Gasteiger partial charge in [0.15, 0.2) is 0 Å². The van der Waals surface area contributed by atoms with Crippen molar-refractivity contribution in [3.05, 3.63) is 125 Å². The van der Waals surface area contributed by atoms with Crippen molar-refractivity contribution in [1.82, 2.24) is 40.8 Å². The molecule has 17 heteroatoms. The fraction of sp³-hybridized carbons (Fsp3) is 0.429. The number of nitrogens with one attached hydrogen (secondary N) is 5. The lowest BCUT2D eigenvalue weighted by molar-refractivity contribution is -0.134. The van der Waals surface area contributed by atoms with Crippen LogP contribution in [0.5, 0.6) is 0 Å². The quantitative estimate of drug-likeness (QED) is 0.0816. The number of amides is 4. The number of carbonyl (C=O) groups is 4. The predicted molar refractivity (Wildman–Crippen MR) is 244 cm³/mol. The fourth-order valence-corrected chi connectivity index (χ4v) is 8.44. The summed E-state index contributed by atoms with van der Waals surface area (Å²) in [4.78, 5) is 72.4. The van der Waals surface area contributed by atoms with Crippen LogP contribution < -0.4 is 20.9 Å². The normalized spacial score (nSPS) is 17.1. The van der Waals surface area contributed by atoms with Crippen molar-refractivity contribution < 1.29 is 37.4 Å². The third-order valence-corrected chi connectivity index (χ3v) is 11.5. The van der Waals surface area contributed by atoms with Gasteiger partial charge in [-0.3, -0.25) is 9.59 Å². The summed E-state index contributed by atoms with van der Waals surface area (Å²) in [6.07, 6.45) is 4.47. The topological polar surface area (TPSA) is 187 Å². The molecule has 4 atom stereocenters. The van der Waals surface area contributed by atoms with Gasteiger partial charge in [-0.05, 0) is 97.4 Å². The van der Waals surface area contributed by atoms with Crippen LogP contribution in [0.2, 0.25) is 0 Å². The molecule has 3 aromatic carbocycles. The van der Waals surface area contributed by atoms with Gasteiger partial charge in [0.1, 0.15) is 52.3 Å². The summed E-state index contributed by atoms with van der Waals surface area (Å²) in [5.41, 5.74) is 1.05. The van der Waals surface area contributed by atoms with Gasteiger partial charge in [-0.15, -0.1) is 0 Å². The van der Waals surface area contributed by atoms with Crippen molar-refractivity contribution in [2.45, 2.75) is 115 Å². The molecule has 5 aromatic rings. The van der Waals surface area contributed by atoms with E-state index in [4.69, 9.17) is 14.5 Å². The van der Waals surface area contributed by atoms with Gasteiger partial charge in [0.25, 0.3) is 5.91 Å². The Labute approximate surface area is 383 Å². The molecule has 350 valence electrons. The minimum atomic E-state index is -1.06. The van der Waals surface area contributed by atoms with Crippen molar-refractivity contribution >= 4 is 29.7 Å². The lowest BCUT2D eigenvalue weighted by Gasteiger charge is -2.33. The van der Waals surface area contributed by atoms with Gasteiger partial charge in [-0.25, -0.2) is 28.3 Å². The SMILES string of the molecule is C[C@H](NC(=O)[C@H](NC(=O)OC(C)(C)C)c1ccccc1)c1ncc(-c2cc(F)c(N3CCC(c4cnc([C@@H]5CCCN5C(=O)[C@H](NC(=O)OC(C)(C)C)c5ccccc5)[nH]4)CC3)c(F)c2)[nH]1. The van der Waals surface area contributed by atoms with Crippen LogP contribution in [0.3, 0.4) is 0 Å². The zero-order valence-corrected chi connectivity index (χ0v) is 38.4. The molecule has 2 aliphatic heterocycles. The number of ether oxygens (including phenoxy) is 2. The maximum Gasteiger partial charge on any atom is 0.408 e. The Morgan fingerprint density at radius 1 is 0.727 bits per heavy atom. The molecule has 15 nitrogen and oxygen atoms in total. The number of alkyl carbamates (subject to hydrolysis) is 2. The average molecular weight is 908 g/mol. The number of carbonyl (C=O) groups excluding carboxylic acids is 4. The second-order valence-electron chi connectivity index (χ2n) is 18.9. The number of halogens is 2. The van der Waals surface area contributed by atoms with E-state index in [-0.39, 0.29) is 29.1 Å². The van der Waals surface area contributed by atoms with Crippen LogP contribution in [-0.4, -0.2) is 79.7 Å². The molecule has 0 radical (unpaired) electrons. The van der Waals surface area contributed by atoms with Gasteiger partial charge >= 0.3 is 12.2 Å². The number of benzene rings is 3. The second kappa shape index (κ2) is 19.8. The van der Waals surface area contributed by atoms with Gasteiger partial charge in [-0.1, -0.05) is 60.7 Å². The Balaban J connectivity index is 0.972. The van der Waals surface area contributed by atoms with Crippen molar-refractivity contribution in [2.75, 3.05) is 24.5 Å². The van der Waals surface area contributed by atoms with Gasteiger partial charge in [-0.2, -0.15) is 0 Å². The molecule has 2 saturated heterocycles. The maximum atomic E-state index is 15.9. The summed E-state index contributed by atoms with van der Waals surface area (Å²) in [5, 5.41) is 8.30.